The number of hydrogen-bond donors (Lipinski definition) is 1. The second-order valence-electron chi connectivity index (χ2n) is 4.61. The zero-order chi connectivity index (χ0) is 13.0. The second-order valence-corrected chi connectivity index (χ2v) is 4.61. The van der Waals surface area contributed by atoms with Crippen LogP contribution in [-0.4, -0.2) is 37.6 Å². The molecule has 0 aliphatic carbocycles. The number of benzene rings is 1. The van der Waals surface area contributed by atoms with Gasteiger partial charge in [-0.15, -0.1) is 0 Å². The van der Waals surface area contributed by atoms with Gasteiger partial charge in [0.15, 0.2) is 0 Å². The van der Waals surface area contributed by atoms with Gasteiger partial charge in [0.05, 0.1) is 12.7 Å². The minimum atomic E-state index is -0.299. The van der Waals surface area contributed by atoms with E-state index in [2.05, 4.69) is 9.64 Å². The van der Waals surface area contributed by atoms with Crippen molar-refractivity contribution < 1.29 is 9.53 Å². The summed E-state index contributed by atoms with van der Waals surface area (Å²) in [5, 5.41) is 0. The Bertz CT molecular complexity index is 397. The van der Waals surface area contributed by atoms with Crippen LogP contribution in [-0.2, 0) is 4.74 Å². The number of methoxy groups -OCH3 is 1. The van der Waals surface area contributed by atoms with Crippen molar-refractivity contribution in [3.63, 3.8) is 0 Å². The first-order valence-electron chi connectivity index (χ1n) is 6.38. The molecule has 1 aromatic rings. The fourth-order valence-electron chi connectivity index (χ4n) is 2.51. The predicted octanol–water partition coefficient (Wildman–Crippen LogP) is 1.57. The lowest BCUT2D eigenvalue weighted by Gasteiger charge is -2.26. The second kappa shape index (κ2) is 5.98. The Labute approximate surface area is 108 Å². The van der Waals surface area contributed by atoms with Crippen molar-refractivity contribution in [2.45, 2.75) is 18.9 Å². The smallest absolute Gasteiger partial charge is 0.337 e. The molecule has 1 heterocycles. The molecule has 0 radical (unpaired) electrons. The fraction of sp³-hybridized carbons (Fsp3) is 0.500. The van der Waals surface area contributed by atoms with E-state index in [0.29, 0.717) is 12.1 Å². The Morgan fingerprint density at radius 3 is 2.44 bits per heavy atom. The van der Waals surface area contributed by atoms with Gasteiger partial charge in [-0.05, 0) is 43.6 Å². The van der Waals surface area contributed by atoms with E-state index in [9.17, 15) is 4.79 Å². The Morgan fingerprint density at radius 2 is 1.94 bits per heavy atom. The Morgan fingerprint density at radius 1 is 1.33 bits per heavy atom. The molecule has 0 bridgehead atoms. The quantitative estimate of drug-likeness (QED) is 0.822. The van der Waals surface area contributed by atoms with E-state index < -0.39 is 0 Å². The number of hydrogen-bond acceptors (Lipinski definition) is 4. The van der Waals surface area contributed by atoms with Gasteiger partial charge in [-0.25, -0.2) is 4.79 Å². The molecule has 18 heavy (non-hydrogen) atoms. The first-order valence-corrected chi connectivity index (χ1v) is 6.38. The maximum atomic E-state index is 11.4. The lowest BCUT2D eigenvalue weighted by atomic mass is 10.0. The van der Waals surface area contributed by atoms with Crippen molar-refractivity contribution in [3.05, 3.63) is 35.4 Å². The van der Waals surface area contributed by atoms with Crippen LogP contribution in [0.5, 0.6) is 0 Å². The molecule has 4 nitrogen and oxygen atoms in total. The third-order valence-electron chi connectivity index (χ3n) is 3.52. The Hall–Kier alpha value is -1.39. The summed E-state index contributed by atoms with van der Waals surface area (Å²) in [7, 11) is 1.39. The van der Waals surface area contributed by atoms with Gasteiger partial charge in [-0.2, -0.15) is 0 Å². The topological polar surface area (TPSA) is 55.6 Å². The van der Waals surface area contributed by atoms with Crippen molar-refractivity contribution in [2.75, 3.05) is 26.7 Å². The molecule has 1 aliphatic rings. The van der Waals surface area contributed by atoms with Crippen LogP contribution in [0.15, 0.2) is 24.3 Å². The number of likely N-dealkylation sites (tertiary alicyclic amines) is 1. The van der Waals surface area contributed by atoms with Crippen LogP contribution >= 0.6 is 0 Å². The van der Waals surface area contributed by atoms with E-state index in [4.69, 9.17) is 5.73 Å². The van der Waals surface area contributed by atoms with Crippen LogP contribution in [0.2, 0.25) is 0 Å². The largest absolute Gasteiger partial charge is 0.465 e. The van der Waals surface area contributed by atoms with Gasteiger partial charge < -0.3 is 10.5 Å². The van der Waals surface area contributed by atoms with Crippen LogP contribution in [0.3, 0.4) is 0 Å². The lowest BCUT2D eigenvalue weighted by Crippen LogP contribution is -2.31. The molecule has 0 spiro atoms. The molecular formula is C14H20N2O2. The molecule has 98 valence electrons. The third-order valence-corrected chi connectivity index (χ3v) is 3.52. The zero-order valence-corrected chi connectivity index (χ0v) is 10.8. The summed E-state index contributed by atoms with van der Waals surface area (Å²) in [6, 6.07) is 7.82. The van der Waals surface area contributed by atoms with Crippen LogP contribution in [0.1, 0.15) is 34.8 Å². The first-order chi connectivity index (χ1) is 8.76. The number of esters is 1. The van der Waals surface area contributed by atoms with E-state index >= 15 is 0 Å². The van der Waals surface area contributed by atoms with Crippen molar-refractivity contribution in [2.24, 2.45) is 5.73 Å². The van der Waals surface area contributed by atoms with Crippen molar-refractivity contribution in [1.29, 1.82) is 0 Å². The highest BCUT2D eigenvalue weighted by Gasteiger charge is 2.22. The number of rotatable bonds is 4. The van der Waals surface area contributed by atoms with E-state index in [-0.39, 0.29) is 12.0 Å². The van der Waals surface area contributed by atoms with Crippen molar-refractivity contribution in [3.8, 4) is 0 Å². The van der Waals surface area contributed by atoms with Crippen LogP contribution in [0.25, 0.3) is 0 Å². The number of carbonyl (C=O) groups is 1. The van der Waals surface area contributed by atoms with Gasteiger partial charge in [-0.1, -0.05) is 12.1 Å². The van der Waals surface area contributed by atoms with Crippen LogP contribution < -0.4 is 5.73 Å². The van der Waals surface area contributed by atoms with E-state index in [1.54, 1.807) is 12.1 Å². The molecule has 1 aromatic carbocycles. The van der Waals surface area contributed by atoms with Crippen LogP contribution in [0, 0.1) is 0 Å². The summed E-state index contributed by atoms with van der Waals surface area (Å²) < 4.78 is 4.69. The minimum Gasteiger partial charge on any atom is -0.465 e. The highest BCUT2D eigenvalue weighted by molar-refractivity contribution is 5.89. The molecule has 1 atom stereocenters. The van der Waals surface area contributed by atoms with Gasteiger partial charge in [0.25, 0.3) is 0 Å². The molecular weight excluding hydrogens is 228 g/mol. The summed E-state index contributed by atoms with van der Waals surface area (Å²) in [6.45, 7) is 2.83. The van der Waals surface area contributed by atoms with E-state index in [1.165, 1.54) is 25.5 Å². The molecule has 0 amide bonds. The average Bonchev–Trinajstić information content (AvgIpc) is 2.93. The maximum Gasteiger partial charge on any atom is 0.337 e. The highest BCUT2D eigenvalue weighted by atomic mass is 16.5. The SMILES string of the molecule is COC(=O)c1ccc(C(CN)N2CCCC2)cc1. The third kappa shape index (κ3) is 2.71. The summed E-state index contributed by atoms with van der Waals surface area (Å²) in [4.78, 5) is 13.8. The monoisotopic (exact) mass is 248 g/mol. The minimum absolute atomic E-state index is 0.263. The molecule has 2 N–H and O–H groups in total. The normalized spacial score (nSPS) is 17.7. The molecule has 0 saturated carbocycles. The molecule has 1 aliphatic heterocycles. The fourth-order valence-corrected chi connectivity index (χ4v) is 2.51. The number of nitrogens with two attached hydrogens (primary N) is 1. The molecule has 2 rings (SSSR count). The number of nitrogens with zero attached hydrogens (tertiary/aromatic N) is 1. The van der Waals surface area contributed by atoms with E-state index in [0.717, 1.165) is 13.1 Å². The van der Waals surface area contributed by atoms with Crippen LogP contribution in [0.4, 0.5) is 0 Å². The molecule has 1 fully saturated rings. The standard InChI is InChI=1S/C14H20N2O2/c1-18-14(17)12-6-4-11(5-7-12)13(10-15)16-8-2-3-9-16/h4-7,13H,2-3,8-10,15H2,1H3. The number of ether oxygens (including phenoxy) is 1. The highest BCUT2D eigenvalue weighted by Crippen LogP contribution is 2.24. The number of carbonyl (C=O) groups excluding carboxylic acids is 1. The summed E-state index contributed by atoms with van der Waals surface area (Å²) in [5.74, 6) is -0.299. The van der Waals surface area contributed by atoms with Gasteiger partial charge in [0, 0.05) is 12.6 Å². The summed E-state index contributed by atoms with van der Waals surface area (Å²) >= 11 is 0. The average molecular weight is 248 g/mol. The van der Waals surface area contributed by atoms with E-state index in [1.807, 2.05) is 12.1 Å². The van der Waals surface area contributed by atoms with Crippen molar-refractivity contribution in [1.82, 2.24) is 4.90 Å². The van der Waals surface area contributed by atoms with Gasteiger partial charge in [0.1, 0.15) is 0 Å². The Kier molecular flexibility index (Phi) is 4.33. The molecule has 0 aromatic heterocycles. The summed E-state index contributed by atoms with van der Waals surface area (Å²) in [6.07, 6.45) is 2.49. The van der Waals surface area contributed by atoms with Gasteiger partial charge in [0.2, 0.25) is 0 Å². The van der Waals surface area contributed by atoms with Gasteiger partial charge >= 0.3 is 5.97 Å². The maximum absolute atomic E-state index is 11.4. The Balaban J connectivity index is 2.13. The lowest BCUT2D eigenvalue weighted by molar-refractivity contribution is 0.0600. The first kappa shape index (κ1) is 13.1. The van der Waals surface area contributed by atoms with Gasteiger partial charge in [-0.3, -0.25) is 4.90 Å². The molecule has 1 unspecified atom stereocenters. The predicted molar refractivity (Wildman–Crippen MR) is 70.4 cm³/mol. The summed E-state index contributed by atoms with van der Waals surface area (Å²) in [5.41, 5.74) is 7.63. The zero-order valence-electron chi connectivity index (χ0n) is 10.8. The molecule has 4 heteroatoms. The molecule has 1 saturated heterocycles. The van der Waals surface area contributed by atoms with Crippen molar-refractivity contribution >= 4 is 5.97 Å².